The molecule has 0 aliphatic carbocycles. The number of hydrogen-bond acceptors (Lipinski definition) is 4. The Morgan fingerprint density at radius 1 is 1.33 bits per heavy atom. The molecular formula is C6H14O5S. The predicted octanol–water partition coefficient (Wildman–Crippen LogP) is 0.355. The summed E-state index contributed by atoms with van der Waals surface area (Å²) in [7, 11) is -4.35. The van der Waals surface area contributed by atoms with Crippen LogP contribution >= 0.6 is 0 Å². The summed E-state index contributed by atoms with van der Waals surface area (Å²) >= 11 is 0. The summed E-state index contributed by atoms with van der Waals surface area (Å²) in [5.41, 5.74) is 0. The van der Waals surface area contributed by atoms with Crippen molar-refractivity contribution in [1.82, 2.24) is 0 Å². The summed E-state index contributed by atoms with van der Waals surface area (Å²) in [6.45, 7) is 3.11. The molecule has 0 aliphatic rings. The van der Waals surface area contributed by atoms with E-state index in [0.717, 1.165) is 0 Å². The predicted molar refractivity (Wildman–Crippen MR) is 43.0 cm³/mol. The molecule has 2 N–H and O–H groups in total. The van der Waals surface area contributed by atoms with Crippen LogP contribution in [0, 0.1) is 0 Å². The van der Waals surface area contributed by atoms with Gasteiger partial charge in [-0.2, -0.15) is 8.42 Å². The maximum atomic E-state index is 10.2. The van der Waals surface area contributed by atoms with E-state index in [9.17, 15) is 8.42 Å². The standard InChI is InChI=1S/C6H14O5S/c1-5(7)3-4-6(2)11-12(8,9)10/h5-7H,3-4H2,1-2H3,(H,8,9,10)/t5-,6-/m0/s1. The van der Waals surface area contributed by atoms with Crippen LogP contribution in [0.5, 0.6) is 0 Å². The van der Waals surface area contributed by atoms with Crippen LogP contribution < -0.4 is 0 Å². The molecule has 0 radical (unpaired) electrons. The first kappa shape index (κ1) is 11.8. The van der Waals surface area contributed by atoms with E-state index in [1.165, 1.54) is 6.92 Å². The third-order valence-corrected chi connectivity index (χ3v) is 1.85. The average Bonchev–Trinajstić information content (AvgIpc) is 1.79. The maximum absolute atomic E-state index is 10.2. The highest BCUT2D eigenvalue weighted by Crippen LogP contribution is 2.06. The lowest BCUT2D eigenvalue weighted by Crippen LogP contribution is -2.16. The van der Waals surface area contributed by atoms with E-state index in [1.54, 1.807) is 6.92 Å². The highest BCUT2D eigenvalue weighted by molar-refractivity contribution is 7.80. The molecule has 0 aliphatic heterocycles. The molecule has 0 bridgehead atoms. The average molecular weight is 198 g/mol. The fourth-order valence-electron chi connectivity index (χ4n) is 0.732. The summed E-state index contributed by atoms with van der Waals surface area (Å²) in [6, 6.07) is 0. The summed E-state index contributed by atoms with van der Waals surface area (Å²) in [6.07, 6.45) is -0.263. The molecular weight excluding hydrogens is 184 g/mol. The molecule has 2 atom stereocenters. The van der Waals surface area contributed by atoms with E-state index < -0.39 is 22.6 Å². The van der Waals surface area contributed by atoms with Crippen molar-refractivity contribution in [2.45, 2.75) is 38.9 Å². The van der Waals surface area contributed by atoms with Crippen LogP contribution in [0.4, 0.5) is 0 Å². The van der Waals surface area contributed by atoms with Gasteiger partial charge in [-0.15, -0.1) is 0 Å². The second-order valence-electron chi connectivity index (χ2n) is 2.76. The Kier molecular flexibility index (Phi) is 4.69. The van der Waals surface area contributed by atoms with Gasteiger partial charge < -0.3 is 5.11 Å². The van der Waals surface area contributed by atoms with Gasteiger partial charge in [0.2, 0.25) is 0 Å². The fourth-order valence-corrected chi connectivity index (χ4v) is 1.24. The first-order chi connectivity index (χ1) is 5.31. The van der Waals surface area contributed by atoms with Gasteiger partial charge >= 0.3 is 10.4 Å². The minimum atomic E-state index is -4.35. The first-order valence-corrected chi connectivity index (χ1v) is 5.01. The van der Waals surface area contributed by atoms with Crippen LogP contribution in [-0.4, -0.2) is 30.3 Å². The lowest BCUT2D eigenvalue weighted by molar-refractivity contribution is 0.139. The zero-order valence-electron chi connectivity index (χ0n) is 7.10. The van der Waals surface area contributed by atoms with Crippen molar-refractivity contribution in [2.75, 3.05) is 0 Å². The van der Waals surface area contributed by atoms with Crippen LogP contribution in [0.25, 0.3) is 0 Å². The van der Waals surface area contributed by atoms with Gasteiger partial charge in [0.25, 0.3) is 0 Å². The lowest BCUT2D eigenvalue weighted by Gasteiger charge is -2.10. The topological polar surface area (TPSA) is 83.8 Å². The molecule has 74 valence electrons. The van der Waals surface area contributed by atoms with Crippen molar-refractivity contribution in [3.63, 3.8) is 0 Å². The van der Waals surface area contributed by atoms with Gasteiger partial charge in [-0.1, -0.05) is 0 Å². The van der Waals surface area contributed by atoms with Crippen molar-refractivity contribution in [1.29, 1.82) is 0 Å². The molecule has 0 rings (SSSR count). The van der Waals surface area contributed by atoms with E-state index in [0.29, 0.717) is 12.8 Å². The van der Waals surface area contributed by atoms with Gasteiger partial charge in [0.05, 0.1) is 12.2 Å². The summed E-state index contributed by atoms with van der Waals surface area (Å²) in [5, 5.41) is 8.83. The Bertz CT molecular complexity index is 208. The summed E-state index contributed by atoms with van der Waals surface area (Å²) in [5.74, 6) is 0. The molecule has 6 heteroatoms. The lowest BCUT2D eigenvalue weighted by atomic mass is 10.1. The third kappa shape index (κ3) is 7.93. The first-order valence-electron chi connectivity index (χ1n) is 3.65. The van der Waals surface area contributed by atoms with E-state index in [4.69, 9.17) is 9.66 Å². The minimum absolute atomic E-state index is 0.386. The van der Waals surface area contributed by atoms with E-state index in [-0.39, 0.29) is 0 Å². The Labute approximate surface area is 72.3 Å². The van der Waals surface area contributed by atoms with Crippen LogP contribution in [0.15, 0.2) is 0 Å². The fraction of sp³-hybridized carbons (Fsp3) is 1.00. The maximum Gasteiger partial charge on any atom is 0.397 e. The summed E-state index contributed by atoms with van der Waals surface area (Å²) in [4.78, 5) is 0. The SMILES string of the molecule is C[C@H](O)CC[C@H](C)OS(=O)(=O)O. The van der Waals surface area contributed by atoms with Gasteiger partial charge in [-0.05, 0) is 26.7 Å². The van der Waals surface area contributed by atoms with E-state index >= 15 is 0 Å². The molecule has 0 saturated carbocycles. The molecule has 0 saturated heterocycles. The number of aliphatic hydroxyl groups excluding tert-OH is 1. The second-order valence-corrected chi connectivity index (χ2v) is 3.81. The van der Waals surface area contributed by atoms with Crippen LogP contribution in [0.2, 0.25) is 0 Å². The molecule has 12 heavy (non-hydrogen) atoms. The monoisotopic (exact) mass is 198 g/mol. The van der Waals surface area contributed by atoms with Crippen LogP contribution in [0.3, 0.4) is 0 Å². The van der Waals surface area contributed by atoms with Gasteiger partial charge in [0, 0.05) is 0 Å². The number of rotatable bonds is 5. The Hall–Kier alpha value is -0.170. The van der Waals surface area contributed by atoms with Crippen LogP contribution in [-0.2, 0) is 14.6 Å². The molecule has 0 aromatic carbocycles. The molecule has 0 unspecified atom stereocenters. The molecule has 5 nitrogen and oxygen atoms in total. The van der Waals surface area contributed by atoms with Gasteiger partial charge in [0.15, 0.2) is 0 Å². The smallest absolute Gasteiger partial charge is 0.393 e. The van der Waals surface area contributed by atoms with Crippen molar-refractivity contribution in [2.24, 2.45) is 0 Å². The second kappa shape index (κ2) is 4.76. The molecule has 0 aromatic heterocycles. The minimum Gasteiger partial charge on any atom is -0.393 e. The Morgan fingerprint density at radius 2 is 1.83 bits per heavy atom. The van der Waals surface area contributed by atoms with Crippen molar-refractivity contribution in [3.8, 4) is 0 Å². The normalized spacial score (nSPS) is 17.3. The quantitative estimate of drug-likeness (QED) is 0.623. The van der Waals surface area contributed by atoms with Crippen LogP contribution in [0.1, 0.15) is 26.7 Å². The Balaban J connectivity index is 3.68. The summed E-state index contributed by atoms with van der Waals surface area (Å²) < 4.78 is 32.8. The molecule has 0 heterocycles. The van der Waals surface area contributed by atoms with Gasteiger partial charge in [-0.25, -0.2) is 4.18 Å². The molecule has 0 aromatic rings. The van der Waals surface area contributed by atoms with Gasteiger partial charge in [-0.3, -0.25) is 4.55 Å². The third-order valence-electron chi connectivity index (χ3n) is 1.28. The van der Waals surface area contributed by atoms with E-state index in [1.807, 2.05) is 0 Å². The highest BCUT2D eigenvalue weighted by Gasteiger charge is 2.12. The van der Waals surface area contributed by atoms with Crippen molar-refractivity contribution >= 4 is 10.4 Å². The van der Waals surface area contributed by atoms with Gasteiger partial charge in [0.1, 0.15) is 0 Å². The van der Waals surface area contributed by atoms with Crippen molar-refractivity contribution in [3.05, 3.63) is 0 Å². The Morgan fingerprint density at radius 3 is 2.17 bits per heavy atom. The number of aliphatic hydroxyl groups is 1. The van der Waals surface area contributed by atoms with E-state index in [2.05, 4.69) is 4.18 Å². The number of hydrogen-bond donors (Lipinski definition) is 2. The molecule has 0 spiro atoms. The zero-order chi connectivity index (χ0) is 9.78. The van der Waals surface area contributed by atoms with Crippen molar-refractivity contribution < 1.29 is 22.3 Å². The molecule has 0 fully saturated rings. The zero-order valence-corrected chi connectivity index (χ0v) is 7.91. The highest BCUT2D eigenvalue weighted by atomic mass is 32.3. The molecule has 0 amide bonds. The largest absolute Gasteiger partial charge is 0.397 e.